The average Bonchev–Trinajstić information content (AvgIpc) is 3.14. The van der Waals surface area contributed by atoms with E-state index in [1.807, 2.05) is 12.1 Å². The van der Waals surface area contributed by atoms with E-state index < -0.39 is 5.97 Å². The molecule has 1 heterocycles. The van der Waals surface area contributed by atoms with E-state index in [0.29, 0.717) is 33.0 Å². The van der Waals surface area contributed by atoms with Crippen LogP contribution in [0.4, 0.5) is 0 Å². The van der Waals surface area contributed by atoms with Gasteiger partial charge in [0.15, 0.2) is 18.1 Å². The number of aryl methyl sites for hydroxylation is 1. The molecule has 30 heavy (non-hydrogen) atoms. The predicted molar refractivity (Wildman–Crippen MR) is 115 cm³/mol. The fourth-order valence-corrected chi connectivity index (χ4v) is 4.61. The molecule has 1 fully saturated rings. The Balaban J connectivity index is 1.63. The van der Waals surface area contributed by atoms with Gasteiger partial charge in [0.25, 0.3) is 5.91 Å². The third-order valence-corrected chi connectivity index (χ3v) is 6.59. The van der Waals surface area contributed by atoms with Crippen molar-refractivity contribution in [2.24, 2.45) is 5.92 Å². The highest BCUT2D eigenvalue weighted by atomic mass is 32.1. The molecule has 1 aliphatic rings. The number of hydrogen-bond acceptors (Lipinski definition) is 7. The van der Waals surface area contributed by atoms with E-state index in [-0.39, 0.29) is 18.6 Å². The number of benzene rings is 1. The largest absolute Gasteiger partial charge is 0.493 e. The van der Waals surface area contributed by atoms with Crippen molar-refractivity contribution in [1.82, 2.24) is 10.3 Å². The van der Waals surface area contributed by atoms with E-state index in [9.17, 15) is 9.59 Å². The summed E-state index contributed by atoms with van der Waals surface area (Å²) in [4.78, 5) is 29.6. The molecule has 2 aromatic rings. The number of carbonyl (C=O) groups excluding carboxylic acids is 2. The maximum absolute atomic E-state index is 12.5. The summed E-state index contributed by atoms with van der Waals surface area (Å²) >= 11 is 1.23. The van der Waals surface area contributed by atoms with Crippen molar-refractivity contribution in [2.75, 3.05) is 20.8 Å². The Morgan fingerprint density at radius 2 is 1.90 bits per heavy atom. The molecule has 8 heteroatoms. The average molecular weight is 433 g/mol. The molecular weight excluding hydrogens is 404 g/mol. The number of ether oxygens (including phenoxy) is 3. The van der Waals surface area contributed by atoms with Gasteiger partial charge in [-0.05, 0) is 43.9 Å². The first-order chi connectivity index (χ1) is 14.4. The Kier molecular flexibility index (Phi) is 7.31. The normalized spacial score (nSPS) is 18.5. The Morgan fingerprint density at radius 3 is 2.60 bits per heavy atom. The first kappa shape index (κ1) is 22.1. The number of rotatable bonds is 7. The molecule has 1 amide bonds. The molecule has 0 bridgehead atoms. The molecule has 0 saturated heterocycles. The smallest absolute Gasteiger partial charge is 0.350 e. The zero-order chi connectivity index (χ0) is 21.7. The number of nitrogens with zero attached hydrogens (tertiary/aromatic N) is 1. The summed E-state index contributed by atoms with van der Waals surface area (Å²) in [5.41, 5.74) is 1.37. The van der Waals surface area contributed by atoms with Gasteiger partial charge < -0.3 is 19.5 Å². The topological polar surface area (TPSA) is 86.8 Å². The fraction of sp³-hybridized carbons (Fsp3) is 0.500. The van der Waals surface area contributed by atoms with Crippen molar-refractivity contribution in [3.05, 3.63) is 28.8 Å². The van der Waals surface area contributed by atoms with E-state index in [4.69, 9.17) is 14.2 Å². The van der Waals surface area contributed by atoms with Crippen LogP contribution in [0.2, 0.25) is 0 Å². The van der Waals surface area contributed by atoms with Gasteiger partial charge in [0.05, 0.1) is 19.9 Å². The number of aromatic nitrogens is 1. The highest BCUT2D eigenvalue weighted by molar-refractivity contribution is 7.17. The molecule has 0 radical (unpaired) electrons. The van der Waals surface area contributed by atoms with Crippen molar-refractivity contribution in [1.29, 1.82) is 0 Å². The molecule has 7 nitrogen and oxygen atoms in total. The van der Waals surface area contributed by atoms with E-state index in [0.717, 1.165) is 24.8 Å². The second-order valence-corrected chi connectivity index (χ2v) is 8.51. The first-order valence-electron chi connectivity index (χ1n) is 10.1. The summed E-state index contributed by atoms with van der Waals surface area (Å²) in [5.74, 6) is 0.854. The minimum Gasteiger partial charge on any atom is -0.493 e. The van der Waals surface area contributed by atoms with E-state index in [2.05, 4.69) is 17.2 Å². The van der Waals surface area contributed by atoms with Gasteiger partial charge in [-0.3, -0.25) is 4.79 Å². The number of methoxy groups -OCH3 is 2. The monoisotopic (exact) mass is 432 g/mol. The van der Waals surface area contributed by atoms with E-state index in [1.165, 1.54) is 17.8 Å². The number of carbonyl (C=O) groups is 2. The number of amides is 1. The van der Waals surface area contributed by atoms with Crippen molar-refractivity contribution in [3.63, 3.8) is 0 Å². The Labute approximate surface area is 180 Å². The van der Waals surface area contributed by atoms with Crippen LogP contribution in [0, 0.1) is 12.8 Å². The number of hydrogen-bond donors (Lipinski definition) is 1. The Bertz CT molecular complexity index is 911. The predicted octanol–water partition coefficient (Wildman–Crippen LogP) is 3.99. The van der Waals surface area contributed by atoms with Gasteiger partial charge in [-0.15, -0.1) is 11.3 Å². The van der Waals surface area contributed by atoms with Crippen molar-refractivity contribution in [3.8, 4) is 22.1 Å². The summed E-state index contributed by atoms with van der Waals surface area (Å²) in [5, 5.41) is 3.66. The summed E-state index contributed by atoms with van der Waals surface area (Å²) in [6, 6.07) is 5.62. The molecule has 1 aromatic heterocycles. The summed E-state index contributed by atoms with van der Waals surface area (Å²) in [7, 11) is 3.14. The SMILES string of the molecule is COc1ccc(-c2nc(C)c(C(=O)OCC(=O)NC3CCCCC3C)s2)cc1OC. The summed E-state index contributed by atoms with van der Waals surface area (Å²) < 4.78 is 15.8. The third kappa shape index (κ3) is 5.11. The third-order valence-electron chi connectivity index (χ3n) is 5.40. The first-order valence-corrected chi connectivity index (χ1v) is 10.9. The van der Waals surface area contributed by atoms with Crippen LogP contribution in [0.5, 0.6) is 11.5 Å². The second kappa shape index (κ2) is 9.93. The minimum atomic E-state index is -0.538. The highest BCUT2D eigenvalue weighted by Crippen LogP contribution is 2.35. The molecule has 0 aliphatic heterocycles. The molecule has 2 unspecified atom stereocenters. The van der Waals surface area contributed by atoms with Crippen LogP contribution in [0.1, 0.15) is 48.0 Å². The molecule has 1 aromatic carbocycles. The van der Waals surface area contributed by atoms with Gasteiger partial charge in [0.2, 0.25) is 0 Å². The molecule has 1 saturated carbocycles. The minimum absolute atomic E-state index is 0.159. The molecule has 1 aliphatic carbocycles. The van der Waals surface area contributed by atoms with Gasteiger partial charge in [-0.25, -0.2) is 9.78 Å². The highest BCUT2D eigenvalue weighted by Gasteiger charge is 2.24. The van der Waals surface area contributed by atoms with Crippen molar-refractivity contribution < 1.29 is 23.8 Å². The van der Waals surface area contributed by atoms with Crippen LogP contribution < -0.4 is 14.8 Å². The Hall–Kier alpha value is -2.61. The zero-order valence-corrected chi connectivity index (χ0v) is 18.6. The van der Waals surface area contributed by atoms with Crippen LogP contribution >= 0.6 is 11.3 Å². The second-order valence-electron chi connectivity index (χ2n) is 7.52. The molecule has 2 atom stereocenters. The maximum atomic E-state index is 12.5. The standard InChI is InChI=1S/C22H28N2O5S/c1-13-7-5-6-8-16(13)24-19(25)12-29-22(26)20-14(2)23-21(30-20)15-9-10-17(27-3)18(11-15)28-4/h9-11,13,16H,5-8,12H2,1-4H3,(H,24,25). The molecular formula is C22H28N2O5S. The van der Waals surface area contributed by atoms with Gasteiger partial charge in [-0.2, -0.15) is 0 Å². The molecule has 0 spiro atoms. The van der Waals surface area contributed by atoms with Gasteiger partial charge in [-0.1, -0.05) is 19.8 Å². The maximum Gasteiger partial charge on any atom is 0.350 e. The van der Waals surface area contributed by atoms with Gasteiger partial charge in [0, 0.05) is 11.6 Å². The van der Waals surface area contributed by atoms with Crippen molar-refractivity contribution >= 4 is 23.2 Å². The zero-order valence-electron chi connectivity index (χ0n) is 17.8. The Morgan fingerprint density at radius 1 is 1.17 bits per heavy atom. The number of esters is 1. The van der Waals surface area contributed by atoms with E-state index in [1.54, 1.807) is 27.2 Å². The lowest BCUT2D eigenvalue weighted by molar-refractivity contribution is -0.125. The van der Waals surface area contributed by atoms with Crippen LogP contribution in [0.25, 0.3) is 10.6 Å². The number of nitrogens with one attached hydrogen (secondary N) is 1. The van der Waals surface area contributed by atoms with Crippen LogP contribution in [-0.4, -0.2) is 43.7 Å². The number of thiazole rings is 1. The lowest BCUT2D eigenvalue weighted by Gasteiger charge is -2.29. The lowest BCUT2D eigenvalue weighted by atomic mass is 9.86. The molecule has 3 rings (SSSR count). The lowest BCUT2D eigenvalue weighted by Crippen LogP contribution is -2.42. The van der Waals surface area contributed by atoms with Crippen LogP contribution in [-0.2, 0) is 9.53 Å². The summed E-state index contributed by atoms with van der Waals surface area (Å²) in [6.07, 6.45) is 4.41. The van der Waals surface area contributed by atoms with Crippen molar-refractivity contribution in [2.45, 2.75) is 45.6 Å². The quantitative estimate of drug-likeness (QED) is 0.666. The van der Waals surface area contributed by atoms with Gasteiger partial charge in [0.1, 0.15) is 9.88 Å². The molecule has 162 valence electrons. The van der Waals surface area contributed by atoms with Gasteiger partial charge >= 0.3 is 5.97 Å². The molecule has 1 N–H and O–H groups in total. The van der Waals surface area contributed by atoms with Crippen LogP contribution in [0.3, 0.4) is 0 Å². The summed E-state index contributed by atoms with van der Waals surface area (Å²) in [6.45, 7) is 3.61. The van der Waals surface area contributed by atoms with Crippen LogP contribution in [0.15, 0.2) is 18.2 Å². The van der Waals surface area contributed by atoms with E-state index >= 15 is 0 Å². The fourth-order valence-electron chi connectivity index (χ4n) is 3.65.